The SMILES string of the molecule is COc1cc2c(Nc3ccc(Cl)cc3F)ncnc2cc1OCCn1c(C)cnc1C.Cl. The number of hydrogen-bond acceptors (Lipinski definition) is 6. The van der Waals surface area contributed by atoms with Gasteiger partial charge in [-0.2, -0.15) is 0 Å². The highest BCUT2D eigenvalue weighted by atomic mass is 35.5. The molecule has 0 fully saturated rings. The fraction of sp³-hybridized carbons (Fsp3) is 0.227. The number of anilines is 2. The molecule has 1 N–H and O–H groups in total. The van der Waals surface area contributed by atoms with Crippen molar-refractivity contribution in [2.75, 3.05) is 19.0 Å². The molecule has 4 rings (SSSR count). The summed E-state index contributed by atoms with van der Waals surface area (Å²) in [6.07, 6.45) is 3.24. The maximum atomic E-state index is 14.2. The molecule has 2 heterocycles. The number of halogens is 3. The standard InChI is InChI=1S/C22H21ClFN5O2.ClH/c1-13-11-25-14(2)29(13)6-7-31-21-10-19-16(9-20(21)30-3)22(27-12-26-19)28-18-5-4-15(23)8-17(18)24;/h4-5,8-12H,6-7H2,1-3H3,(H,26,27,28);1H. The Balaban J connectivity index is 0.00000289. The van der Waals surface area contributed by atoms with E-state index in [0.717, 1.165) is 11.5 Å². The topological polar surface area (TPSA) is 74.1 Å². The Morgan fingerprint density at radius 1 is 1.09 bits per heavy atom. The number of ether oxygens (including phenoxy) is 2. The maximum Gasteiger partial charge on any atom is 0.163 e. The first-order valence-electron chi connectivity index (χ1n) is 9.62. The smallest absolute Gasteiger partial charge is 0.163 e. The Hall–Kier alpha value is -3.10. The van der Waals surface area contributed by atoms with Gasteiger partial charge in [-0.15, -0.1) is 12.4 Å². The van der Waals surface area contributed by atoms with Crippen LogP contribution in [0, 0.1) is 19.7 Å². The molecule has 0 atom stereocenters. The quantitative estimate of drug-likeness (QED) is 0.379. The van der Waals surface area contributed by atoms with Crippen LogP contribution in [0.5, 0.6) is 11.5 Å². The molecule has 0 aliphatic carbocycles. The van der Waals surface area contributed by atoms with Crippen LogP contribution in [-0.4, -0.2) is 33.2 Å². The summed E-state index contributed by atoms with van der Waals surface area (Å²) in [4.78, 5) is 12.9. The van der Waals surface area contributed by atoms with Gasteiger partial charge in [0.25, 0.3) is 0 Å². The molecule has 0 spiro atoms. The van der Waals surface area contributed by atoms with Gasteiger partial charge in [0.1, 0.15) is 30.4 Å². The first-order valence-corrected chi connectivity index (χ1v) is 10.0. The molecule has 7 nitrogen and oxygen atoms in total. The molecule has 0 unspecified atom stereocenters. The van der Waals surface area contributed by atoms with E-state index >= 15 is 0 Å². The van der Waals surface area contributed by atoms with Crippen LogP contribution < -0.4 is 14.8 Å². The molecule has 0 bridgehead atoms. The number of fused-ring (bicyclic) bond motifs is 1. The van der Waals surface area contributed by atoms with E-state index < -0.39 is 5.82 Å². The van der Waals surface area contributed by atoms with Crippen molar-refractivity contribution in [1.29, 1.82) is 0 Å². The van der Waals surface area contributed by atoms with Gasteiger partial charge in [0.05, 0.1) is 24.9 Å². The molecule has 0 amide bonds. The summed E-state index contributed by atoms with van der Waals surface area (Å²) in [7, 11) is 1.56. The number of aryl methyl sites for hydroxylation is 2. The monoisotopic (exact) mass is 477 g/mol. The van der Waals surface area contributed by atoms with E-state index in [9.17, 15) is 4.39 Å². The minimum atomic E-state index is -0.476. The van der Waals surface area contributed by atoms with E-state index in [1.807, 2.05) is 20.0 Å². The van der Waals surface area contributed by atoms with E-state index in [-0.39, 0.29) is 18.1 Å². The predicted octanol–water partition coefficient (Wildman–Crippen LogP) is 5.49. The highest BCUT2D eigenvalue weighted by molar-refractivity contribution is 6.30. The van der Waals surface area contributed by atoms with E-state index in [2.05, 4.69) is 24.8 Å². The number of imidazole rings is 1. The van der Waals surface area contributed by atoms with E-state index in [1.165, 1.54) is 12.4 Å². The van der Waals surface area contributed by atoms with Gasteiger partial charge < -0.3 is 19.4 Å². The van der Waals surface area contributed by atoms with Crippen molar-refractivity contribution in [3.05, 3.63) is 65.2 Å². The van der Waals surface area contributed by atoms with Gasteiger partial charge in [-0.1, -0.05) is 11.6 Å². The Morgan fingerprint density at radius 3 is 2.59 bits per heavy atom. The number of benzene rings is 2. The zero-order valence-electron chi connectivity index (χ0n) is 17.7. The van der Waals surface area contributed by atoms with Crippen LogP contribution in [0.15, 0.2) is 42.9 Å². The lowest BCUT2D eigenvalue weighted by atomic mass is 10.2. The van der Waals surface area contributed by atoms with Crippen LogP contribution in [0.4, 0.5) is 15.9 Å². The number of methoxy groups -OCH3 is 1. The van der Waals surface area contributed by atoms with Crippen molar-refractivity contribution in [1.82, 2.24) is 19.5 Å². The summed E-state index contributed by atoms with van der Waals surface area (Å²) >= 11 is 5.83. The Bertz CT molecular complexity index is 1230. The van der Waals surface area contributed by atoms with Gasteiger partial charge in [0, 0.05) is 28.4 Å². The lowest BCUT2D eigenvalue weighted by Crippen LogP contribution is -2.11. The molecule has 2 aromatic heterocycles. The molecule has 0 saturated carbocycles. The van der Waals surface area contributed by atoms with Gasteiger partial charge in [0.2, 0.25) is 0 Å². The summed E-state index contributed by atoms with van der Waals surface area (Å²) in [6.45, 7) is 5.06. The molecule has 168 valence electrons. The van der Waals surface area contributed by atoms with Gasteiger partial charge in [-0.3, -0.25) is 0 Å². The Morgan fingerprint density at radius 2 is 1.91 bits per heavy atom. The van der Waals surface area contributed by atoms with Crippen LogP contribution in [0.2, 0.25) is 5.02 Å². The fourth-order valence-electron chi connectivity index (χ4n) is 3.32. The normalized spacial score (nSPS) is 10.7. The minimum absolute atomic E-state index is 0. The molecule has 0 radical (unpaired) electrons. The molecular formula is C22H22Cl2FN5O2. The third-order valence-corrected chi connectivity index (χ3v) is 5.17. The molecule has 0 aliphatic heterocycles. The van der Waals surface area contributed by atoms with Crippen LogP contribution in [0.1, 0.15) is 11.5 Å². The highest BCUT2D eigenvalue weighted by Crippen LogP contribution is 2.35. The lowest BCUT2D eigenvalue weighted by molar-refractivity contribution is 0.278. The number of hydrogen-bond donors (Lipinski definition) is 1. The van der Waals surface area contributed by atoms with Gasteiger partial charge in [-0.05, 0) is 38.1 Å². The molecule has 4 aromatic rings. The lowest BCUT2D eigenvalue weighted by Gasteiger charge is -2.15. The molecular weight excluding hydrogens is 456 g/mol. The van der Waals surface area contributed by atoms with Gasteiger partial charge >= 0.3 is 0 Å². The molecule has 0 aliphatic rings. The number of aromatic nitrogens is 4. The third kappa shape index (κ3) is 4.87. The molecule has 10 heteroatoms. The summed E-state index contributed by atoms with van der Waals surface area (Å²) in [5.74, 6) is 2.00. The first-order chi connectivity index (χ1) is 15.0. The zero-order valence-corrected chi connectivity index (χ0v) is 19.3. The largest absolute Gasteiger partial charge is 0.493 e. The summed E-state index contributed by atoms with van der Waals surface area (Å²) in [6, 6.07) is 7.96. The highest BCUT2D eigenvalue weighted by Gasteiger charge is 2.13. The van der Waals surface area contributed by atoms with Crippen LogP contribution in [-0.2, 0) is 6.54 Å². The van der Waals surface area contributed by atoms with E-state index in [1.54, 1.807) is 31.4 Å². The van der Waals surface area contributed by atoms with Crippen molar-refractivity contribution in [3.63, 3.8) is 0 Å². The van der Waals surface area contributed by atoms with Crippen molar-refractivity contribution in [3.8, 4) is 11.5 Å². The summed E-state index contributed by atoms with van der Waals surface area (Å²) in [5.41, 5.74) is 1.97. The molecule has 32 heavy (non-hydrogen) atoms. The Kier molecular flexibility index (Phi) is 7.37. The Labute approximate surface area is 196 Å². The second kappa shape index (κ2) is 10.0. The second-order valence-corrected chi connectivity index (χ2v) is 7.37. The summed E-state index contributed by atoms with van der Waals surface area (Å²) < 4.78 is 27.8. The van der Waals surface area contributed by atoms with Crippen molar-refractivity contribution in [2.45, 2.75) is 20.4 Å². The minimum Gasteiger partial charge on any atom is -0.493 e. The summed E-state index contributed by atoms with van der Waals surface area (Å²) in [5, 5.41) is 3.98. The maximum absolute atomic E-state index is 14.2. The fourth-order valence-corrected chi connectivity index (χ4v) is 3.48. The van der Waals surface area contributed by atoms with E-state index in [4.69, 9.17) is 21.1 Å². The third-order valence-electron chi connectivity index (χ3n) is 4.93. The van der Waals surface area contributed by atoms with Crippen molar-refractivity contribution in [2.24, 2.45) is 0 Å². The van der Waals surface area contributed by atoms with Crippen LogP contribution >= 0.6 is 24.0 Å². The van der Waals surface area contributed by atoms with Gasteiger partial charge in [-0.25, -0.2) is 19.3 Å². The average Bonchev–Trinajstić information content (AvgIpc) is 3.07. The zero-order chi connectivity index (χ0) is 22.0. The molecule has 2 aromatic carbocycles. The number of nitrogens with one attached hydrogen (secondary N) is 1. The van der Waals surface area contributed by atoms with Crippen LogP contribution in [0.3, 0.4) is 0 Å². The molecule has 0 saturated heterocycles. The predicted molar refractivity (Wildman–Crippen MR) is 125 cm³/mol. The van der Waals surface area contributed by atoms with E-state index in [0.29, 0.717) is 46.4 Å². The van der Waals surface area contributed by atoms with Crippen molar-refractivity contribution >= 4 is 46.4 Å². The van der Waals surface area contributed by atoms with Crippen LogP contribution in [0.25, 0.3) is 10.9 Å². The average molecular weight is 478 g/mol. The van der Waals surface area contributed by atoms with Gasteiger partial charge in [0.15, 0.2) is 11.5 Å². The second-order valence-electron chi connectivity index (χ2n) is 6.94. The number of nitrogens with zero attached hydrogens (tertiary/aromatic N) is 4. The number of rotatable bonds is 7. The first kappa shape index (κ1) is 23.6. The van der Waals surface area contributed by atoms with Crippen molar-refractivity contribution < 1.29 is 13.9 Å².